The van der Waals surface area contributed by atoms with E-state index in [4.69, 9.17) is 9.84 Å². The molecule has 0 spiro atoms. The zero-order valence-corrected chi connectivity index (χ0v) is 21.3. The third kappa shape index (κ3) is 4.16. The number of amides is 1. The van der Waals surface area contributed by atoms with Crippen molar-refractivity contribution in [2.75, 3.05) is 36.6 Å². The highest BCUT2D eigenvalue weighted by Crippen LogP contribution is 2.38. The summed E-state index contributed by atoms with van der Waals surface area (Å²) in [6.07, 6.45) is 7.90. The zero-order chi connectivity index (χ0) is 23.8. The van der Waals surface area contributed by atoms with Crippen molar-refractivity contribution in [2.24, 2.45) is 0 Å². The smallest absolute Gasteiger partial charge is 0.219 e. The molecule has 1 aromatic carbocycles. The van der Waals surface area contributed by atoms with Gasteiger partial charge in [-0.15, -0.1) is 14.3 Å². The molecule has 1 saturated heterocycles. The lowest BCUT2D eigenvalue weighted by Crippen LogP contribution is -2.37. The first kappa shape index (κ1) is 23.1. The number of benzene rings is 1. The Labute approximate surface area is 204 Å². The van der Waals surface area contributed by atoms with Gasteiger partial charge in [0.1, 0.15) is 0 Å². The molecule has 8 heteroatoms. The molecule has 0 radical (unpaired) electrons. The zero-order valence-electron chi connectivity index (χ0n) is 20.1. The van der Waals surface area contributed by atoms with Crippen molar-refractivity contribution in [1.82, 2.24) is 14.8 Å². The van der Waals surface area contributed by atoms with E-state index in [0.29, 0.717) is 13.2 Å². The Morgan fingerprint density at radius 2 is 2.18 bits per heavy atom. The Morgan fingerprint density at radius 3 is 2.88 bits per heavy atom. The number of nitrogens with zero attached hydrogens (tertiary/aromatic N) is 4. The van der Waals surface area contributed by atoms with Gasteiger partial charge in [-0.2, -0.15) is 4.79 Å². The summed E-state index contributed by atoms with van der Waals surface area (Å²) in [5, 5.41) is 6.25. The fourth-order valence-corrected chi connectivity index (χ4v) is 5.71. The van der Waals surface area contributed by atoms with Gasteiger partial charge >= 0.3 is 0 Å². The molecule has 180 valence electrons. The molecule has 2 atom stereocenters. The van der Waals surface area contributed by atoms with Crippen LogP contribution in [0.25, 0.3) is 5.57 Å². The lowest BCUT2D eigenvalue weighted by Gasteiger charge is -2.33. The van der Waals surface area contributed by atoms with Crippen LogP contribution in [0.3, 0.4) is 0 Å². The molecule has 1 amide bonds. The minimum absolute atomic E-state index is 0.112. The molecule has 0 saturated carbocycles. The number of fused-ring (bicyclic) bond motifs is 2. The molecule has 1 N–H and O–H groups in total. The molecule has 1 fully saturated rings. The summed E-state index contributed by atoms with van der Waals surface area (Å²) in [6, 6.07) is 4.83. The van der Waals surface area contributed by atoms with Gasteiger partial charge in [0.05, 0.1) is 24.9 Å². The molecule has 1 aromatic heterocycles. The molecule has 4 heterocycles. The second-order valence-electron chi connectivity index (χ2n) is 9.31. The average Bonchev–Trinajstić information content (AvgIpc) is 3.48. The maximum Gasteiger partial charge on any atom is 0.219 e. The van der Waals surface area contributed by atoms with Gasteiger partial charge in [0.15, 0.2) is 5.82 Å². The fourth-order valence-electron chi connectivity index (χ4n) is 5.31. The Kier molecular flexibility index (Phi) is 6.50. The van der Waals surface area contributed by atoms with Crippen molar-refractivity contribution < 1.29 is 9.53 Å². The van der Waals surface area contributed by atoms with Crippen LogP contribution in [0.5, 0.6) is 0 Å². The molecule has 2 aromatic rings. The molecule has 7 nitrogen and oxygen atoms in total. The molecule has 34 heavy (non-hydrogen) atoms. The number of hydrogen-bond acceptors (Lipinski definition) is 5. The van der Waals surface area contributed by atoms with E-state index in [1.165, 1.54) is 22.5 Å². The van der Waals surface area contributed by atoms with Crippen molar-refractivity contribution in [1.29, 1.82) is 0 Å². The molecule has 3 aliphatic heterocycles. The normalized spacial score (nSPS) is 20.2. The second kappa shape index (κ2) is 9.55. The van der Waals surface area contributed by atoms with Gasteiger partial charge in [-0.25, -0.2) is 0 Å². The van der Waals surface area contributed by atoms with Gasteiger partial charge in [-0.1, -0.05) is 18.7 Å². The highest BCUT2D eigenvalue weighted by Gasteiger charge is 2.32. The van der Waals surface area contributed by atoms with Gasteiger partial charge in [0, 0.05) is 44.3 Å². The maximum atomic E-state index is 12.2. The Balaban J connectivity index is 1.57. The van der Waals surface area contributed by atoms with Gasteiger partial charge in [0.25, 0.3) is 0 Å². The van der Waals surface area contributed by atoms with Crippen molar-refractivity contribution >= 4 is 37.5 Å². The Morgan fingerprint density at radius 1 is 1.32 bits per heavy atom. The van der Waals surface area contributed by atoms with E-state index in [1.54, 1.807) is 6.92 Å². The van der Waals surface area contributed by atoms with Crippen LogP contribution in [0.2, 0.25) is 0 Å². The first-order valence-electron chi connectivity index (χ1n) is 12.2. The van der Waals surface area contributed by atoms with Crippen LogP contribution < -0.4 is 15.6 Å². The van der Waals surface area contributed by atoms with E-state index < -0.39 is 0 Å². The lowest BCUT2D eigenvalue weighted by atomic mass is 9.95. The summed E-state index contributed by atoms with van der Waals surface area (Å²) < 4.78 is 5.57. The fraction of sp³-hybridized carbons (Fsp3) is 0.462. The number of carbonyl (C=O) groups is 1. The topological polar surface area (TPSA) is 62.6 Å². The Hall–Kier alpha value is -2.63. The number of nitrogens with one attached hydrogen (secondary N) is 1. The average molecular weight is 480 g/mol. The summed E-state index contributed by atoms with van der Waals surface area (Å²) >= 11 is 0. The molecular formula is C26H34N5O2P. The van der Waals surface area contributed by atoms with Gasteiger partial charge in [-0.05, 0) is 60.3 Å². The molecule has 2 unspecified atom stereocenters. The summed E-state index contributed by atoms with van der Waals surface area (Å²) in [5.74, 6) is 1.07. The monoisotopic (exact) mass is 479 g/mol. The standard InChI is InChI=1S/C26H34N5O2P/c1-4-18(5-2)21-13-19-7-6-10-30(24(19)14-25(21)34)26-22-15-29(17(3)32)11-8-23(22)31(28-26)27-20-9-12-33-16-20/h4-5,13-14,20,27H,1,6-12,15-16,34H2,2-3H3/b18-5+. The summed E-state index contributed by atoms with van der Waals surface area (Å²) in [7, 11) is 2.90. The van der Waals surface area contributed by atoms with Crippen LogP contribution in [0.15, 0.2) is 30.9 Å². The highest BCUT2D eigenvalue weighted by molar-refractivity contribution is 7.27. The number of anilines is 2. The van der Waals surface area contributed by atoms with E-state index in [2.05, 4.69) is 51.3 Å². The van der Waals surface area contributed by atoms with Crippen LogP contribution in [-0.2, 0) is 28.9 Å². The third-order valence-corrected chi connectivity index (χ3v) is 7.66. The molecule has 3 aliphatic rings. The summed E-state index contributed by atoms with van der Waals surface area (Å²) in [4.78, 5) is 18.5. The highest BCUT2D eigenvalue weighted by atomic mass is 31.0. The SMILES string of the molecule is C=C/C(=C\C)c1cc2c(cc1P)N(c1nn(NC3CCOC3)c3c1CN(C(C)=O)CC3)CCC2. The van der Waals surface area contributed by atoms with E-state index in [0.717, 1.165) is 67.6 Å². The van der Waals surface area contributed by atoms with Crippen molar-refractivity contribution in [2.45, 2.75) is 52.1 Å². The Bertz CT molecular complexity index is 1150. The number of ether oxygens (including phenoxy) is 1. The summed E-state index contributed by atoms with van der Waals surface area (Å²) in [5.41, 5.74) is 10.8. The number of allylic oxidation sites excluding steroid dienone is 3. The third-order valence-electron chi connectivity index (χ3n) is 7.18. The van der Waals surface area contributed by atoms with E-state index in [1.807, 2.05) is 15.8 Å². The number of rotatable bonds is 5. The van der Waals surface area contributed by atoms with Crippen molar-refractivity contribution in [3.05, 3.63) is 53.2 Å². The van der Waals surface area contributed by atoms with E-state index in [9.17, 15) is 4.79 Å². The minimum atomic E-state index is 0.112. The van der Waals surface area contributed by atoms with Crippen LogP contribution in [-0.4, -0.2) is 53.0 Å². The largest absolute Gasteiger partial charge is 0.379 e. The predicted octanol–water partition coefficient (Wildman–Crippen LogP) is 3.29. The molecule has 0 aliphatic carbocycles. The van der Waals surface area contributed by atoms with E-state index >= 15 is 0 Å². The van der Waals surface area contributed by atoms with Gasteiger partial charge in [0.2, 0.25) is 5.91 Å². The molecule has 0 bridgehead atoms. The molecular weight excluding hydrogens is 445 g/mol. The first-order chi connectivity index (χ1) is 16.5. The van der Waals surface area contributed by atoms with Crippen LogP contribution in [0.4, 0.5) is 11.5 Å². The quantitative estimate of drug-likeness (QED) is 0.527. The summed E-state index contributed by atoms with van der Waals surface area (Å²) in [6.45, 7) is 11.4. The predicted molar refractivity (Wildman–Crippen MR) is 141 cm³/mol. The number of hydrogen-bond donors (Lipinski definition) is 1. The molecule has 5 rings (SSSR count). The second-order valence-corrected chi connectivity index (χ2v) is 9.93. The van der Waals surface area contributed by atoms with Crippen molar-refractivity contribution in [3.8, 4) is 0 Å². The van der Waals surface area contributed by atoms with Crippen LogP contribution in [0, 0.1) is 0 Å². The number of aryl methyl sites for hydroxylation is 1. The maximum absolute atomic E-state index is 12.2. The van der Waals surface area contributed by atoms with Gasteiger partial charge < -0.3 is 20.0 Å². The lowest BCUT2D eigenvalue weighted by molar-refractivity contribution is -0.129. The van der Waals surface area contributed by atoms with E-state index in [-0.39, 0.29) is 11.9 Å². The number of carbonyl (C=O) groups excluding carboxylic acids is 1. The van der Waals surface area contributed by atoms with Crippen molar-refractivity contribution in [3.63, 3.8) is 0 Å². The van der Waals surface area contributed by atoms with Crippen LogP contribution in [0.1, 0.15) is 49.1 Å². The van der Waals surface area contributed by atoms with Gasteiger partial charge in [-0.3, -0.25) is 4.79 Å². The number of aromatic nitrogens is 2. The first-order valence-corrected chi connectivity index (χ1v) is 12.8. The van der Waals surface area contributed by atoms with Crippen LogP contribution >= 0.6 is 9.24 Å². The minimum Gasteiger partial charge on any atom is -0.379 e.